The summed E-state index contributed by atoms with van der Waals surface area (Å²) in [6, 6.07) is 12.6. The molecular weight excluding hydrogens is 496 g/mol. The molecule has 1 aliphatic carbocycles. The SMILES string of the molecule is Cc1ccc([N+](=O)[O-])cc1N(CC(=O)N(CCc1ccccc1)[C@H](C)C(=O)NC1CCCC1)S(C)(=O)=O. The van der Waals surface area contributed by atoms with Gasteiger partial charge in [0.15, 0.2) is 0 Å². The highest BCUT2D eigenvalue weighted by atomic mass is 32.2. The Morgan fingerprint density at radius 2 is 1.78 bits per heavy atom. The number of anilines is 1. The van der Waals surface area contributed by atoms with Gasteiger partial charge in [0.25, 0.3) is 5.69 Å². The third-order valence-corrected chi connectivity index (χ3v) is 7.83. The van der Waals surface area contributed by atoms with Crippen molar-refractivity contribution in [2.75, 3.05) is 23.7 Å². The van der Waals surface area contributed by atoms with Crippen LogP contribution in [0.3, 0.4) is 0 Å². The second-order valence-corrected chi connectivity index (χ2v) is 11.4. The minimum atomic E-state index is -3.98. The molecule has 11 heteroatoms. The van der Waals surface area contributed by atoms with E-state index in [-0.39, 0.29) is 29.9 Å². The molecule has 0 aromatic heterocycles. The van der Waals surface area contributed by atoms with Crippen LogP contribution in [0.25, 0.3) is 0 Å². The van der Waals surface area contributed by atoms with Gasteiger partial charge in [-0.1, -0.05) is 49.2 Å². The van der Waals surface area contributed by atoms with Crippen LogP contribution in [0.15, 0.2) is 48.5 Å². The summed E-state index contributed by atoms with van der Waals surface area (Å²) in [5.74, 6) is -0.855. The van der Waals surface area contributed by atoms with E-state index in [0.29, 0.717) is 12.0 Å². The molecule has 1 atom stereocenters. The Bertz CT molecular complexity index is 1230. The number of carbonyl (C=O) groups excluding carboxylic acids is 2. The fraction of sp³-hybridized carbons (Fsp3) is 0.462. The molecule has 0 heterocycles. The number of hydrogen-bond donors (Lipinski definition) is 1. The minimum absolute atomic E-state index is 0.0520. The van der Waals surface area contributed by atoms with Crippen molar-refractivity contribution in [3.05, 3.63) is 69.8 Å². The van der Waals surface area contributed by atoms with E-state index in [1.807, 2.05) is 30.3 Å². The molecule has 3 rings (SSSR count). The topological polar surface area (TPSA) is 130 Å². The van der Waals surface area contributed by atoms with E-state index in [4.69, 9.17) is 0 Å². The first-order chi connectivity index (χ1) is 17.5. The maximum Gasteiger partial charge on any atom is 0.271 e. The van der Waals surface area contributed by atoms with Crippen LogP contribution in [0, 0.1) is 17.0 Å². The predicted molar refractivity (Wildman–Crippen MR) is 142 cm³/mol. The molecule has 0 spiro atoms. The molecule has 10 nitrogen and oxygen atoms in total. The third kappa shape index (κ3) is 7.51. The van der Waals surface area contributed by atoms with Crippen molar-refractivity contribution in [1.82, 2.24) is 10.2 Å². The molecule has 0 bridgehead atoms. The monoisotopic (exact) mass is 530 g/mol. The normalized spacial score (nSPS) is 14.7. The molecule has 2 aromatic carbocycles. The van der Waals surface area contributed by atoms with Crippen molar-refractivity contribution in [2.24, 2.45) is 0 Å². The van der Waals surface area contributed by atoms with Crippen molar-refractivity contribution in [3.63, 3.8) is 0 Å². The lowest BCUT2D eigenvalue weighted by Crippen LogP contribution is -2.53. The number of benzene rings is 2. The Balaban J connectivity index is 1.89. The Morgan fingerprint density at radius 3 is 2.38 bits per heavy atom. The second kappa shape index (κ2) is 12.2. The number of nitro groups is 1. The van der Waals surface area contributed by atoms with E-state index in [1.54, 1.807) is 13.8 Å². The summed E-state index contributed by atoms with van der Waals surface area (Å²) < 4.78 is 26.4. The van der Waals surface area contributed by atoms with Crippen molar-refractivity contribution in [1.29, 1.82) is 0 Å². The van der Waals surface area contributed by atoms with Crippen LogP contribution in [-0.4, -0.2) is 61.5 Å². The quantitative estimate of drug-likeness (QED) is 0.351. The summed E-state index contributed by atoms with van der Waals surface area (Å²) >= 11 is 0. The number of nitro benzene ring substituents is 1. The van der Waals surface area contributed by atoms with Crippen LogP contribution in [0.5, 0.6) is 0 Å². The van der Waals surface area contributed by atoms with Crippen LogP contribution in [0.4, 0.5) is 11.4 Å². The van der Waals surface area contributed by atoms with Gasteiger partial charge in [-0.2, -0.15) is 0 Å². The number of carbonyl (C=O) groups is 2. The molecule has 37 heavy (non-hydrogen) atoms. The number of non-ortho nitro benzene ring substituents is 1. The van der Waals surface area contributed by atoms with Gasteiger partial charge in [-0.3, -0.25) is 24.0 Å². The zero-order valence-electron chi connectivity index (χ0n) is 21.4. The summed E-state index contributed by atoms with van der Waals surface area (Å²) in [6.07, 6.45) is 5.30. The number of aryl methyl sites for hydroxylation is 1. The molecular formula is C26H34N4O6S. The maximum atomic E-state index is 13.6. The number of nitrogens with zero attached hydrogens (tertiary/aromatic N) is 3. The molecule has 0 radical (unpaired) electrons. The average Bonchev–Trinajstić information content (AvgIpc) is 3.36. The summed E-state index contributed by atoms with van der Waals surface area (Å²) in [6.45, 7) is 2.87. The number of nitrogens with one attached hydrogen (secondary N) is 1. The lowest BCUT2D eigenvalue weighted by Gasteiger charge is -2.32. The van der Waals surface area contributed by atoms with E-state index in [0.717, 1.165) is 47.9 Å². The molecule has 0 saturated heterocycles. The molecule has 0 unspecified atom stereocenters. The van der Waals surface area contributed by atoms with Crippen LogP contribution in [0.2, 0.25) is 0 Å². The van der Waals surface area contributed by atoms with E-state index in [2.05, 4.69) is 5.32 Å². The predicted octanol–water partition coefficient (Wildman–Crippen LogP) is 3.19. The van der Waals surface area contributed by atoms with Gasteiger partial charge in [-0.05, 0) is 44.2 Å². The average molecular weight is 531 g/mol. The molecule has 1 N–H and O–H groups in total. The summed E-state index contributed by atoms with van der Waals surface area (Å²) in [5, 5.41) is 14.3. The Morgan fingerprint density at radius 1 is 1.14 bits per heavy atom. The number of rotatable bonds is 11. The summed E-state index contributed by atoms with van der Waals surface area (Å²) in [7, 11) is -3.98. The van der Waals surface area contributed by atoms with Gasteiger partial charge in [0, 0.05) is 24.7 Å². The number of amides is 2. The molecule has 2 aromatic rings. The van der Waals surface area contributed by atoms with Crippen LogP contribution >= 0.6 is 0 Å². The van der Waals surface area contributed by atoms with E-state index < -0.39 is 33.4 Å². The number of hydrogen-bond acceptors (Lipinski definition) is 6. The molecule has 0 aliphatic heterocycles. The first-order valence-electron chi connectivity index (χ1n) is 12.3. The molecule has 1 aliphatic rings. The third-order valence-electron chi connectivity index (χ3n) is 6.70. The van der Waals surface area contributed by atoms with Crippen molar-refractivity contribution >= 4 is 33.2 Å². The fourth-order valence-electron chi connectivity index (χ4n) is 4.54. The Kier molecular flexibility index (Phi) is 9.25. The fourth-order valence-corrected chi connectivity index (χ4v) is 5.44. The highest BCUT2D eigenvalue weighted by Gasteiger charge is 2.32. The highest BCUT2D eigenvalue weighted by Crippen LogP contribution is 2.28. The minimum Gasteiger partial charge on any atom is -0.352 e. The second-order valence-electron chi connectivity index (χ2n) is 9.49. The molecule has 200 valence electrons. The molecule has 2 amide bonds. The zero-order valence-corrected chi connectivity index (χ0v) is 22.2. The zero-order chi connectivity index (χ0) is 27.2. The largest absolute Gasteiger partial charge is 0.352 e. The van der Waals surface area contributed by atoms with E-state index in [9.17, 15) is 28.1 Å². The van der Waals surface area contributed by atoms with E-state index in [1.165, 1.54) is 17.0 Å². The van der Waals surface area contributed by atoms with Gasteiger partial charge < -0.3 is 10.2 Å². The van der Waals surface area contributed by atoms with Gasteiger partial charge in [-0.15, -0.1) is 0 Å². The van der Waals surface area contributed by atoms with Crippen LogP contribution < -0.4 is 9.62 Å². The standard InChI is InChI=1S/C26H34N4O6S/c1-19-13-14-23(30(33)34)17-24(19)29(37(3,35)36)18-25(31)28(16-15-21-9-5-4-6-10-21)20(2)26(32)27-22-11-7-8-12-22/h4-6,9-10,13-14,17,20,22H,7-8,11-12,15-16,18H2,1-3H3,(H,27,32)/t20-/m1/s1. The van der Waals surface area contributed by atoms with Gasteiger partial charge in [0.2, 0.25) is 21.8 Å². The first-order valence-corrected chi connectivity index (χ1v) is 14.2. The maximum absolute atomic E-state index is 13.6. The lowest BCUT2D eigenvalue weighted by molar-refractivity contribution is -0.384. The van der Waals surface area contributed by atoms with Crippen molar-refractivity contribution < 1.29 is 22.9 Å². The number of sulfonamides is 1. The van der Waals surface area contributed by atoms with Gasteiger partial charge in [0.05, 0.1) is 16.9 Å². The Labute approximate surface area is 217 Å². The summed E-state index contributed by atoms with van der Waals surface area (Å²) in [4.78, 5) is 38.8. The lowest BCUT2D eigenvalue weighted by atomic mass is 10.1. The van der Waals surface area contributed by atoms with Gasteiger partial charge in [-0.25, -0.2) is 8.42 Å². The van der Waals surface area contributed by atoms with E-state index >= 15 is 0 Å². The summed E-state index contributed by atoms with van der Waals surface area (Å²) in [5.41, 5.74) is 1.20. The van der Waals surface area contributed by atoms with Crippen LogP contribution in [0.1, 0.15) is 43.7 Å². The molecule has 1 fully saturated rings. The smallest absolute Gasteiger partial charge is 0.271 e. The van der Waals surface area contributed by atoms with Gasteiger partial charge >= 0.3 is 0 Å². The molecule has 1 saturated carbocycles. The van der Waals surface area contributed by atoms with Crippen molar-refractivity contribution in [2.45, 2.75) is 58.0 Å². The van der Waals surface area contributed by atoms with Crippen molar-refractivity contribution in [3.8, 4) is 0 Å². The van der Waals surface area contributed by atoms with Gasteiger partial charge in [0.1, 0.15) is 12.6 Å². The van der Waals surface area contributed by atoms with Crippen LogP contribution in [-0.2, 0) is 26.0 Å². The highest BCUT2D eigenvalue weighted by molar-refractivity contribution is 7.92. The first kappa shape index (κ1) is 28.1. The Hall–Kier alpha value is -3.47.